The molecule has 11 nitrogen and oxygen atoms in total. The predicted octanol–water partition coefficient (Wildman–Crippen LogP) is 4.41. The van der Waals surface area contributed by atoms with Gasteiger partial charge in [0.05, 0.1) is 35.7 Å². The van der Waals surface area contributed by atoms with Crippen LogP contribution in [0, 0.1) is 0 Å². The minimum Gasteiger partial charge on any atom is -0.383 e. The van der Waals surface area contributed by atoms with Crippen molar-refractivity contribution >= 4 is 27.9 Å². The van der Waals surface area contributed by atoms with E-state index in [-0.39, 0.29) is 12.3 Å². The molecule has 2 saturated heterocycles. The number of nitrogens with one attached hydrogen (secondary N) is 1. The number of aromatic amines is 1. The summed E-state index contributed by atoms with van der Waals surface area (Å²) in [6.45, 7) is 7.00. The number of H-pyrrole nitrogens is 1. The molecule has 2 aromatic carbocycles. The molecule has 0 amide bonds. The number of imidazole rings is 1. The number of fused-ring (bicyclic) bond motifs is 2. The van der Waals surface area contributed by atoms with E-state index in [4.69, 9.17) is 30.3 Å². The largest absolute Gasteiger partial charge is 0.383 e. The Hall–Kier alpha value is -3.90. The van der Waals surface area contributed by atoms with E-state index < -0.39 is 0 Å². The minimum atomic E-state index is -0.0104. The van der Waals surface area contributed by atoms with Crippen molar-refractivity contribution in [1.82, 2.24) is 39.5 Å². The normalized spacial score (nSPS) is 22.1. The zero-order chi connectivity index (χ0) is 30.2. The molecule has 11 heteroatoms. The number of nitrogens with two attached hydrogens (primary N) is 1. The molecule has 234 valence electrons. The molecule has 3 aliphatic rings. The van der Waals surface area contributed by atoms with E-state index in [1.165, 1.54) is 5.56 Å². The summed E-state index contributed by atoms with van der Waals surface area (Å²) in [7, 11) is 0. The number of hydrogen-bond acceptors (Lipinski definition) is 9. The topological polar surface area (TPSA) is 123 Å². The third-order valence-corrected chi connectivity index (χ3v) is 9.85. The van der Waals surface area contributed by atoms with Gasteiger partial charge in [0.25, 0.3) is 0 Å². The maximum absolute atomic E-state index is 6.48. The second-order valence-corrected chi connectivity index (χ2v) is 12.6. The molecule has 8 rings (SSSR count). The molecule has 5 heterocycles. The average Bonchev–Trinajstić information content (AvgIpc) is 3.84. The first-order valence-corrected chi connectivity index (χ1v) is 16.4. The smallest absolute Gasteiger partial charge is 0.164 e. The van der Waals surface area contributed by atoms with Crippen LogP contribution in [0.4, 0.5) is 5.82 Å². The second kappa shape index (κ2) is 12.5. The van der Waals surface area contributed by atoms with Gasteiger partial charge >= 0.3 is 0 Å². The average molecular weight is 608 g/mol. The van der Waals surface area contributed by atoms with Gasteiger partial charge in [-0.2, -0.15) is 5.10 Å². The van der Waals surface area contributed by atoms with Crippen LogP contribution in [0.1, 0.15) is 49.5 Å². The molecule has 0 atom stereocenters. The van der Waals surface area contributed by atoms with E-state index in [0.717, 1.165) is 124 Å². The van der Waals surface area contributed by atoms with Gasteiger partial charge < -0.3 is 25.1 Å². The lowest BCUT2D eigenvalue weighted by Crippen LogP contribution is -2.51. The highest BCUT2D eigenvalue weighted by Gasteiger charge is 2.31. The number of anilines is 1. The Balaban J connectivity index is 0.960. The van der Waals surface area contributed by atoms with Crippen LogP contribution in [0.15, 0.2) is 54.9 Å². The van der Waals surface area contributed by atoms with Crippen molar-refractivity contribution in [2.45, 2.75) is 56.9 Å². The monoisotopic (exact) mass is 607 g/mol. The number of ether oxygens (including phenoxy) is 2. The summed E-state index contributed by atoms with van der Waals surface area (Å²) in [6.07, 6.45) is 7.73. The molecule has 3 fully saturated rings. The molecule has 0 bridgehead atoms. The third kappa shape index (κ3) is 5.93. The summed E-state index contributed by atoms with van der Waals surface area (Å²) >= 11 is 0. The number of hydrogen-bond donors (Lipinski definition) is 2. The van der Waals surface area contributed by atoms with E-state index in [2.05, 4.69) is 66.9 Å². The molecule has 45 heavy (non-hydrogen) atoms. The first kappa shape index (κ1) is 28.6. The van der Waals surface area contributed by atoms with Crippen molar-refractivity contribution in [2.75, 3.05) is 51.7 Å². The van der Waals surface area contributed by atoms with Crippen molar-refractivity contribution in [2.24, 2.45) is 0 Å². The van der Waals surface area contributed by atoms with Crippen LogP contribution in [0.2, 0.25) is 0 Å². The first-order chi connectivity index (χ1) is 22.2. The summed E-state index contributed by atoms with van der Waals surface area (Å²) in [5.41, 5.74) is 12.2. The highest BCUT2D eigenvalue weighted by atomic mass is 16.7. The Morgan fingerprint density at radius 3 is 2.47 bits per heavy atom. The van der Waals surface area contributed by atoms with Crippen molar-refractivity contribution in [1.29, 1.82) is 0 Å². The Morgan fingerprint density at radius 1 is 0.889 bits per heavy atom. The number of nitrogens with zero attached hydrogens (tertiary/aromatic N) is 7. The summed E-state index contributed by atoms with van der Waals surface area (Å²) in [6, 6.07) is 17.6. The highest BCUT2D eigenvalue weighted by Crippen LogP contribution is 2.37. The maximum atomic E-state index is 6.48. The third-order valence-electron chi connectivity index (χ3n) is 9.85. The van der Waals surface area contributed by atoms with E-state index in [1.807, 2.05) is 6.07 Å². The van der Waals surface area contributed by atoms with Crippen LogP contribution in [0.5, 0.6) is 0 Å². The van der Waals surface area contributed by atoms with Crippen LogP contribution in [-0.2, 0) is 15.9 Å². The summed E-state index contributed by atoms with van der Waals surface area (Å²) in [4.78, 5) is 22.7. The molecule has 1 aliphatic carbocycles. The van der Waals surface area contributed by atoms with Gasteiger partial charge in [-0.3, -0.25) is 4.90 Å². The zero-order valence-corrected chi connectivity index (χ0v) is 25.6. The lowest BCUT2D eigenvalue weighted by molar-refractivity contribution is -0.0540. The fourth-order valence-corrected chi connectivity index (χ4v) is 7.41. The van der Waals surface area contributed by atoms with Crippen LogP contribution >= 0.6 is 0 Å². The number of nitrogen functional groups attached to an aromatic ring is 1. The molecule has 5 aromatic rings. The van der Waals surface area contributed by atoms with E-state index >= 15 is 0 Å². The van der Waals surface area contributed by atoms with Crippen molar-refractivity contribution in [3.63, 3.8) is 0 Å². The second-order valence-electron chi connectivity index (χ2n) is 12.6. The Morgan fingerprint density at radius 2 is 1.67 bits per heavy atom. The fraction of sp³-hybridized carbons (Fsp3) is 0.471. The van der Waals surface area contributed by atoms with Crippen LogP contribution < -0.4 is 5.73 Å². The molecule has 0 spiro atoms. The SMILES string of the molecule is Nc1ncnc2c1c(-c1ccc3[nH]c(Cc4ccccc4)nc3c1)nn2[C@H]1CC[C@H](N2CCN(CCC3OCCO3)CC2)CC1. The zero-order valence-electron chi connectivity index (χ0n) is 25.6. The Kier molecular flexibility index (Phi) is 7.92. The molecule has 0 radical (unpaired) electrons. The predicted molar refractivity (Wildman–Crippen MR) is 174 cm³/mol. The van der Waals surface area contributed by atoms with Gasteiger partial charge in [-0.25, -0.2) is 19.6 Å². The van der Waals surface area contributed by atoms with Crippen molar-refractivity contribution in [3.8, 4) is 11.3 Å². The molecule has 1 saturated carbocycles. The standard InChI is InChI=1S/C34H41N9O2/c35-33-31-32(24-6-11-27-28(21-24)39-29(38-27)20-23-4-2-1-3-5-23)40-43(34(31)37-22-36-33)26-9-7-25(8-10-26)42-16-14-41(15-17-42)13-12-30-44-18-19-45-30/h1-6,11,21-22,25-26,30H,7-10,12-20H2,(H,38,39)(H2,35,36,37)/t25-,26-. The first-order valence-electron chi connectivity index (χ1n) is 16.4. The molecular formula is C34H41N9O2. The van der Waals surface area contributed by atoms with Crippen LogP contribution in [-0.4, -0.2) is 97.8 Å². The highest BCUT2D eigenvalue weighted by molar-refractivity contribution is 5.99. The van der Waals surface area contributed by atoms with Gasteiger partial charge in [-0.05, 0) is 43.4 Å². The minimum absolute atomic E-state index is 0.0104. The number of rotatable bonds is 8. The summed E-state index contributed by atoms with van der Waals surface area (Å²) in [5.74, 6) is 1.41. The molecule has 2 aliphatic heterocycles. The Bertz CT molecular complexity index is 1750. The lowest BCUT2D eigenvalue weighted by Gasteiger charge is -2.42. The van der Waals surface area contributed by atoms with E-state index in [9.17, 15) is 0 Å². The molecule has 3 N–H and O–H groups in total. The quantitative estimate of drug-likeness (QED) is 0.264. The van der Waals surface area contributed by atoms with Gasteiger partial charge in [-0.1, -0.05) is 36.4 Å². The van der Waals surface area contributed by atoms with Gasteiger partial charge in [0, 0.05) is 57.2 Å². The molecular weight excluding hydrogens is 566 g/mol. The van der Waals surface area contributed by atoms with E-state index in [0.29, 0.717) is 11.9 Å². The maximum Gasteiger partial charge on any atom is 0.164 e. The molecule has 3 aromatic heterocycles. The summed E-state index contributed by atoms with van der Waals surface area (Å²) < 4.78 is 13.4. The number of benzene rings is 2. The van der Waals surface area contributed by atoms with Gasteiger partial charge in [0.2, 0.25) is 0 Å². The van der Waals surface area contributed by atoms with Crippen LogP contribution in [0.25, 0.3) is 33.3 Å². The number of piperazine rings is 1. The van der Waals surface area contributed by atoms with Crippen LogP contribution in [0.3, 0.4) is 0 Å². The van der Waals surface area contributed by atoms with Gasteiger partial charge in [0.1, 0.15) is 23.7 Å². The van der Waals surface area contributed by atoms with E-state index in [1.54, 1.807) is 6.33 Å². The lowest BCUT2D eigenvalue weighted by atomic mass is 9.90. The van der Waals surface area contributed by atoms with Crippen molar-refractivity contribution in [3.05, 3.63) is 66.2 Å². The van der Waals surface area contributed by atoms with Crippen molar-refractivity contribution < 1.29 is 9.47 Å². The van der Waals surface area contributed by atoms with Gasteiger partial charge in [-0.15, -0.1) is 0 Å². The van der Waals surface area contributed by atoms with Gasteiger partial charge in [0.15, 0.2) is 11.9 Å². The number of aromatic nitrogens is 6. The summed E-state index contributed by atoms with van der Waals surface area (Å²) in [5, 5.41) is 6.00. The fourth-order valence-electron chi connectivity index (χ4n) is 7.41. The molecule has 0 unspecified atom stereocenters. The Labute approximate surface area is 262 Å².